The summed E-state index contributed by atoms with van der Waals surface area (Å²) in [6, 6.07) is 3.63. The van der Waals surface area contributed by atoms with Crippen molar-refractivity contribution < 1.29 is 4.79 Å². The van der Waals surface area contributed by atoms with Gasteiger partial charge in [-0.25, -0.2) is 4.98 Å². The van der Waals surface area contributed by atoms with E-state index in [1.807, 2.05) is 17.8 Å². The van der Waals surface area contributed by atoms with E-state index in [2.05, 4.69) is 28.8 Å². The molecule has 1 saturated carbocycles. The Morgan fingerprint density at radius 1 is 1.50 bits per heavy atom. The molecule has 0 spiro atoms. The van der Waals surface area contributed by atoms with Crippen molar-refractivity contribution in [3.63, 3.8) is 0 Å². The van der Waals surface area contributed by atoms with Crippen LogP contribution < -0.4 is 10.6 Å². The number of rotatable bonds is 7. The molecule has 1 aromatic heterocycles. The average Bonchev–Trinajstić information content (AvgIpc) is 2.44. The van der Waals surface area contributed by atoms with Crippen molar-refractivity contribution in [2.45, 2.75) is 37.4 Å². The Morgan fingerprint density at radius 3 is 2.90 bits per heavy atom. The van der Waals surface area contributed by atoms with Crippen LogP contribution in [0.25, 0.3) is 0 Å². The van der Waals surface area contributed by atoms with E-state index in [0.717, 1.165) is 19.5 Å². The number of carbonyl (C=O) groups excluding carboxylic acids is 1. The number of nitrogens with zero attached hydrogens (tertiary/aromatic N) is 1. The molecule has 20 heavy (non-hydrogen) atoms. The molecular formula is C15H23N3OS. The quantitative estimate of drug-likeness (QED) is 0.811. The highest BCUT2D eigenvalue weighted by Crippen LogP contribution is 2.42. The van der Waals surface area contributed by atoms with Gasteiger partial charge in [-0.3, -0.25) is 4.79 Å². The number of hydrogen-bond donors (Lipinski definition) is 2. The molecule has 1 aromatic rings. The smallest absolute Gasteiger partial charge is 0.255 e. The molecule has 5 heteroatoms. The van der Waals surface area contributed by atoms with E-state index in [1.54, 1.807) is 12.3 Å². The maximum Gasteiger partial charge on any atom is 0.255 e. The van der Waals surface area contributed by atoms with Gasteiger partial charge < -0.3 is 10.6 Å². The van der Waals surface area contributed by atoms with Crippen molar-refractivity contribution in [3.05, 3.63) is 23.9 Å². The van der Waals surface area contributed by atoms with E-state index in [9.17, 15) is 4.79 Å². The number of hydrogen-bond acceptors (Lipinski definition) is 4. The molecule has 2 rings (SSSR count). The Labute approximate surface area is 125 Å². The summed E-state index contributed by atoms with van der Waals surface area (Å²) >= 11 is 1.87. The Morgan fingerprint density at radius 2 is 2.30 bits per heavy atom. The number of pyridine rings is 1. The van der Waals surface area contributed by atoms with Crippen molar-refractivity contribution in [2.24, 2.45) is 0 Å². The second-order valence-corrected chi connectivity index (χ2v) is 6.52. The molecule has 0 bridgehead atoms. The van der Waals surface area contributed by atoms with Gasteiger partial charge in [0, 0.05) is 24.0 Å². The number of anilines is 1. The minimum Gasteiger partial charge on any atom is -0.369 e. The second-order valence-electron chi connectivity index (χ2n) is 5.25. The fourth-order valence-corrected chi connectivity index (χ4v) is 3.25. The molecule has 0 unspecified atom stereocenters. The van der Waals surface area contributed by atoms with Gasteiger partial charge in [0.05, 0.1) is 5.56 Å². The highest BCUT2D eigenvalue weighted by Gasteiger charge is 2.36. The van der Waals surface area contributed by atoms with Crippen LogP contribution in [-0.4, -0.2) is 35.0 Å². The van der Waals surface area contributed by atoms with Crippen LogP contribution in [-0.2, 0) is 0 Å². The third kappa shape index (κ3) is 3.45. The first-order valence-corrected chi connectivity index (χ1v) is 8.45. The van der Waals surface area contributed by atoms with E-state index in [0.29, 0.717) is 11.4 Å². The van der Waals surface area contributed by atoms with Crippen LogP contribution in [0, 0.1) is 0 Å². The summed E-state index contributed by atoms with van der Waals surface area (Å²) in [6.07, 6.45) is 8.51. The van der Waals surface area contributed by atoms with Crippen molar-refractivity contribution in [1.82, 2.24) is 10.3 Å². The maximum absolute atomic E-state index is 12.3. The molecule has 1 aliphatic carbocycles. The molecular weight excluding hydrogens is 270 g/mol. The van der Waals surface area contributed by atoms with E-state index in [-0.39, 0.29) is 10.7 Å². The van der Waals surface area contributed by atoms with Crippen LogP contribution in [0.15, 0.2) is 18.3 Å². The lowest BCUT2D eigenvalue weighted by molar-refractivity contribution is 0.0944. The SMILES string of the molecule is CCCNc1ncccc1C(=O)NCC1(SC)CCC1. The van der Waals surface area contributed by atoms with Gasteiger partial charge in [-0.15, -0.1) is 0 Å². The van der Waals surface area contributed by atoms with Gasteiger partial charge in [0.25, 0.3) is 5.91 Å². The summed E-state index contributed by atoms with van der Waals surface area (Å²) in [5, 5.41) is 6.28. The summed E-state index contributed by atoms with van der Waals surface area (Å²) in [6.45, 7) is 3.66. The summed E-state index contributed by atoms with van der Waals surface area (Å²) < 4.78 is 0.259. The first-order chi connectivity index (χ1) is 9.71. The van der Waals surface area contributed by atoms with E-state index < -0.39 is 0 Å². The van der Waals surface area contributed by atoms with Crippen LogP contribution in [0.4, 0.5) is 5.82 Å². The average molecular weight is 293 g/mol. The van der Waals surface area contributed by atoms with Gasteiger partial charge in [0.2, 0.25) is 0 Å². The highest BCUT2D eigenvalue weighted by atomic mass is 32.2. The molecule has 1 heterocycles. The van der Waals surface area contributed by atoms with Crippen molar-refractivity contribution in [1.29, 1.82) is 0 Å². The fraction of sp³-hybridized carbons (Fsp3) is 0.600. The maximum atomic E-state index is 12.3. The zero-order valence-electron chi connectivity index (χ0n) is 12.2. The molecule has 0 aromatic carbocycles. The molecule has 110 valence electrons. The first kappa shape index (κ1) is 15.2. The zero-order valence-corrected chi connectivity index (χ0v) is 13.1. The van der Waals surface area contributed by atoms with Crippen LogP contribution in [0.5, 0.6) is 0 Å². The Kier molecular flexibility index (Phi) is 5.29. The van der Waals surface area contributed by atoms with Crippen LogP contribution in [0.2, 0.25) is 0 Å². The van der Waals surface area contributed by atoms with Crippen molar-refractivity contribution >= 4 is 23.5 Å². The third-order valence-electron chi connectivity index (χ3n) is 3.86. The van der Waals surface area contributed by atoms with E-state index in [1.165, 1.54) is 19.3 Å². The summed E-state index contributed by atoms with van der Waals surface area (Å²) in [7, 11) is 0. The lowest BCUT2D eigenvalue weighted by Crippen LogP contribution is -2.45. The normalized spacial score (nSPS) is 16.3. The summed E-state index contributed by atoms with van der Waals surface area (Å²) in [5.74, 6) is 0.649. The predicted octanol–water partition coefficient (Wildman–Crippen LogP) is 2.92. The topological polar surface area (TPSA) is 54.0 Å². The van der Waals surface area contributed by atoms with Crippen LogP contribution in [0.3, 0.4) is 0 Å². The van der Waals surface area contributed by atoms with Gasteiger partial charge in [-0.2, -0.15) is 11.8 Å². The van der Waals surface area contributed by atoms with Gasteiger partial charge in [-0.1, -0.05) is 13.3 Å². The Bertz CT molecular complexity index is 455. The van der Waals surface area contributed by atoms with Gasteiger partial charge >= 0.3 is 0 Å². The summed E-state index contributed by atoms with van der Waals surface area (Å²) in [5.41, 5.74) is 0.636. The molecule has 2 N–H and O–H groups in total. The van der Waals surface area contributed by atoms with E-state index >= 15 is 0 Å². The number of carbonyl (C=O) groups is 1. The van der Waals surface area contributed by atoms with E-state index in [4.69, 9.17) is 0 Å². The standard InChI is InChI=1S/C15H23N3OS/c1-3-9-16-13-12(6-4-10-17-13)14(19)18-11-15(20-2)7-5-8-15/h4,6,10H,3,5,7-9,11H2,1-2H3,(H,16,17)(H,18,19). The van der Waals surface area contributed by atoms with Gasteiger partial charge in [0.1, 0.15) is 5.82 Å². The van der Waals surface area contributed by atoms with Gasteiger partial charge in [-0.05, 0) is 37.7 Å². The minimum absolute atomic E-state index is 0.0305. The highest BCUT2D eigenvalue weighted by molar-refractivity contribution is 8.00. The lowest BCUT2D eigenvalue weighted by Gasteiger charge is -2.40. The molecule has 1 amide bonds. The number of aromatic nitrogens is 1. The Balaban J connectivity index is 1.98. The molecule has 0 saturated heterocycles. The predicted molar refractivity (Wildman–Crippen MR) is 85.4 cm³/mol. The van der Waals surface area contributed by atoms with Gasteiger partial charge in [0.15, 0.2) is 0 Å². The molecule has 1 fully saturated rings. The lowest BCUT2D eigenvalue weighted by atomic mass is 9.84. The molecule has 4 nitrogen and oxygen atoms in total. The van der Waals surface area contributed by atoms with Crippen molar-refractivity contribution in [2.75, 3.05) is 24.7 Å². The van der Waals surface area contributed by atoms with Crippen LogP contribution in [0.1, 0.15) is 43.0 Å². The number of thioether (sulfide) groups is 1. The van der Waals surface area contributed by atoms with Crippen molar-refractivity contribution in [3.8, 4) is 0 Å². The molecule has 0 atom stereocenters. The first-order valence-electron chi connectivity index (χ1n) is 7.23. The third-order valence-corrected chi connectivity index (χ3v) is 5.28. The fourth-order valence-electron chi connectivity index (χ4n) is 2.33. The zero-order chi connectivity index (χ0) is 14.4. The largest absolute Gasteiger partial charge is 0.369 e. The summed E-state index contributed by atoms with van der Waals surface area (Å²) in [4.78, 5) is 16.6. The number of amides is 1. The monoisotopic (exact) mass is 293 g/mol. The molecule has 0 aliphatic heterocycles. The number of nitrogens with one attached hydrogen (secondary N) is 2. The minimum atomic E-state index is -0.0305. The van der Waals surface area contributed by atoms with Crippen LogP contribution >= 0.6 is 11.8 Å². The Hall–Kier alpha value is -1.23. The second kappa shape index (κ2) is 6.97. The molecule has 1 aliphatic rings. The molecule has 0 radical (unpaired) electrons.